The van der Waals surface area contributed by atoms with Gasteiger partial charge in [-0.05, 0) is 32.6 Å². The van der Waals surface area contributed by atoms with Crippen LogP contribution in [0, 0.1) is 6.92 Å². The van der Waals surface area contributed by atoms with Crippen LogP contribution in [-0.2, 0) is 0 Å². The number of thiazole rings is 1. The number of rotatable bonds is 3. The molecule has 0 spiro atoms. The van der Waals surface area contributed by atoms with Gasteiger partial charge in [0.15, 0.2) is 0 Å². The summed E-state index contributed by atoms with van der Waals surface area (Å²) >= 11 is 1.46. The van der Waals surface area contributed by atoms with Crippen molar-refractivity contribution in [1.82, 2.24) is 10.3 Å². The molecule has 1 fully saturated rings. The number of nitrogens with two attached hydrogens (primary N) is 1. The number of halogens is 2. The van der Waals surface area contributed by atoms with Crippen molar-refractivity contribution in [2.45, 2.75) is 44.7 Å². The maximum atomic E-state index is 12.5. The van der Waals surface area contributed by atoms with E-state index in [9.17, 15) is 4.79 Å². The van der Waals surface area contributed by atoms with Crippen LogP contribution in [0.3, 0.4) is 0 Å². The van der Waals surface area contributed by atoms with Crippen LogP contribution in [0.5, 0.6) is 0 Å². The molecule has 1 aliphatic rings. The van der Waals surface area contributed by atoms with Gasteiger partial charge < -0.3 is 11.1 Å². The Morgan fingerprint density at radius 1 is 1.17 bits per heavy atom. The van der Waals surface area contributed by atoms with Gasteiger partial charge in [0.05, 0.1) is 5.69 Å². The number of carbonyl (C=O) groups is 1. The summed E-state index contributed by atoms with van der Waals surface area (Å²) in [4.78, 5) is 17.7. The molecule has 132 valence electrons. The summed E-state index contributed by atoms with van der Waals surface area (Å²) in [5.74, 6) is -0.00217. The summed E-state index contributed by atoms with van der Waals surface area (Å²) in [6.07, 6.45) is 3.91. The lowest BCUT2D eigenvalue weighted by Crippen LogP contribution is -2.40. The van der Waals surface area contributed by atoms with E-state index in [1.807, 2.05) is 37.3 Å². The maximum Gasteiger partial charge on any atom is 0.263 e. The quantitative estimate of drug-likeness (QED) is 0.836. The highest BCUT2D eigenvalue weighted by molar-refractivity contribution is 7.17. The highest BCUT2D eigenvalue weighted by atomic mass is 35.5. The first-order chi connectivity index (χ1) is 10.6. The zero-order valence-corrected chi connectivity index (χ0v) is 16.0. The molecule has 1 heterocycles. The van der Waals surface area contributed by atoms with E-state index >= 15 is 0 Å². The van der Waals surface area contributed by atoms with Crippen molar-refractivity contribution in [3.63, 3.8) is 0 Å². The summed E-state index contributed by atoms with van der Waals surface area (Å²) in [6.45, 7) is 1.90. The summed E-state index contributed by atoms with van der Waals surface area (Å²) in [7, 11) is 0. The van der Waals surface area contributed by atoms with Gasteiger partial charge in [0, 0.05) is 17.6 Å². The number of aryl methyl sites for hydroxylation is 1. The Labute approximate surface area is 159 Å². The van der Waals surface area contributed by atoms with Gasteiger partial charge in [0.25, 0.3) is 5.91 Å². The SMILES string of the molecule is Cc1nc(-c2ccccc2)sc1C(=O)NC1CCC(N)CC1.Cl.Cl. The van der Waals surface area contributed by atoms with Gasteiger partial charge in [-0.1, -0.05) is 30.3 Å². The van der Waals surface area contributed by atoms with Crippen molar-refractivity contribution in [3.05, 3.63) is 40.9 Å². The largest absolute Gasteiger partial charge is 0.349 e. The Balaban J connectivity index is 0.00000144. The molecule has 7 heteroatoms. The maximum absolute atomic E-state index is 12.5. The number of carbonyl (C=O) groups excluding carboxylic acids is 1. The van der Waals surface area contributed by atoms with Gasteiger partial charge in [-0.3, -0.25) is 4.79 Å². The van der Waals surface area contributed by atoms with E-state index < -0.39 is 0 Å². The standard InChI is InChI=1S/C17H21N3OS.2ClH/c1-11-15(16(21)20-14-9-7-13(18)8-10-14)22-17(19-11)12-5-3-2-4-6-12;;/h2-6,13-14H,7-10,18H2,1H3,(H,20,21);2*1H. The van der Waals surface area contributed by atoms with E-state index in [0.29, 0.717) is 10.9 Å². The Morgan fingerprint density at radius 3 is 2.42 bits per heavy atom. The molecule has 2 aromatic rings. The van der Waals surface area contributed by atoms with Gasteiger partial charge in [-0.15, -0.1) is 36.2 Å². The fraction of sp³-hybridized carbons (Fsp3) is 0.412. The van der Waals surface area contributed by atoms with Crippen LogP contribution < -0.4 is 11.1 Å². The molecule has 1 saturated carbocycles. The lowest BCUT2D eigenvalue weighted by Gasteiger charge is -2.26. The van der Waals surface area contributed by atoms with Crippen LogP contribution in [0.2, 0.25) is 0 Å². The minimum Gasteiger partial charge on any atom is -0.349 e. The Bertz CT molecular complexity index is 655. The number of hydrogen-bond acceptors (Lipinski definition) is 4. The summed E-state index contributed by atoms with van der Waals surface area (Å²) in [5, 5.41) is 4.03. The predicted octanol–water partition coefficient (Wildman–Crippen LogP) is 3.96. The van der Waals surface area contributed by atoms with E-state index in [1.165, 1.54) is 11.3 Å². The molecule has 0 unspecified atom stereocenters. The fourth-order valence-electron chi connectivity index (χ4n) is 2.83. The molecule has 4 nitrogen and oxygen atoms in total. The Morgan fingerprint density at radius 2 is 1.79 bits per heavy atom. The molecule has 1 aliphatic carbocycles. The molecule has 1 aromatic carbocycles. The molecule has 1 aromatic heterocycles. The Hall–Kier alpha value is -1.14. The van der Waals surface area contributed by atoms with E-state index in [4.69, 9.17) is 5.73 Å². The molecule has 1 amide bonds. The van der Waals surface area contributed by atoms with Crippen LogP contribution in [0.4, 0.5) is 0 Å². The minimum atomic E-state index is -0.00217. The molecule has 0 atom stereocenters. The zero-order chi connectivity index (χ0) is 15.5. The van der Waals surface area contributed by atoms with Crippen LogP contribution in [0.1, 0.15) is 41.0 Å². The predicted molar refractivity (Wildman–Crippen MR) is 104 cm³/mol. The van der Waals surface area contributed by atoms with Gasteiger partial charge in [-0.2, -0.15) is 0 Å². The second-order valence-corrected chi connectivity index (χ2v) is 6.88. The van der Waals surface area contributed by atoms with Crippen molar-refractivity contribution in [1.29, 1.82) is 0 Å². The van der Waals surface area contributed by atoms with E-state index in [2.05, 4.69) is 10.3 Å². The second-order valence-electron chi connectivity index (χ2n) is 5.88. The van der Waals surface area contributed by atoms with Gasteiger partial charge in [0.1, 0.15) is 9.88 Å². The third kappa shape index (κ3) is 4.93. The van der Waals surface area contributed by atoms with E-state index in [-0.39, 0.29) is 36.8 Å². The van der Waals surface area contributed by atoms with E-state index in [0.717, 1.165) is 41.9 Å². The highest BCUT2D eigenvalue weighted by Crippen LogP contribution is 2.28. The molecule has 24 heavy (non-hydrogen) atoms. The fourth-order valence-corrected chi connectivity index (χ4v) is 3.80. The van der Waals surface area contributed by atoms with Gasteiger partial charge in [0.2, 0.25) is 0 Å². The lowest BCUT2D eigenvalue weighted by atomic mass is 9.92. The van der Waals surface area contributed by atoms with Crippen molar-refractivity contribution in [2.75, 3.05) is 0 Å². The highest BCUT2D eigenvalue weighted by Gasteiger charge is 2.23. The van der Waals surface area contributed by atoms with Crippen LogP contribution >= 0.6 is 36.2 Å². The number of hydrogen-bond donors (Lipinski definition) is 2. The normalized spacial score (nSPS) is 19.8. The first-order valence-corrected chi connectivity index (χ1v) is 8.54. The third-order valence-electron chi connectivity index (χ3n) is 4.13. The molecule has 3 rings (SSSR count). The molecule has 0 bridgehead atoms. The van der Waals surface area contributed by atoms with Crippen molar-refractivity contribution >= 4 is 42.1 Å². The van der Waals surface area contributed by atoms with Crippen molar-refractivity contribution < 1.29 is 4.79 Å². The number of aromatic nitrogens is 1. The lowest BCUT2D eigenvalue weighted by molar-refractivity contribution is 0.0929. The van der Waals surface area contributed by atoms with Crippen LogP contribution in [0.25, 0.3) is 10.6 Å². The number of nitrogens with zero attached hydrogens (tertiary/aromatic N) is 1. The molecular formula is C17H23Cl2N3OS. The molecule has 0 saturated heterocycles. The van der Waals surface area contributed by atoms with Crippen molar-refractivity contribution in [3.8, 4) is 10.6 Å². The topological polar surface area (TPSA) is 68.0 Å². The average Bonchev–Trinajstić information content (AvgIpc) is 2.92. The summed E-state index contributed by atoms with van der Waals surface area (Å²) in [6, 6.07) is 10.5. The first kappa shape index (κ1) is 20.9. The third-order valence-corrected chi connectivity index (χ3v) is 5.34. The molecule has 0 aliphatic heterocycles. The van der Waals surface area contributed by atoms with Crippen LogP contribution in [-0.4, -0.2) is 23.0 Å². The van der Waals surface area contributed by atoms with E-state index in [1.54, 1.807) is 0 Å². The molecule has 3 N–H and O–H groups in total. The summed E-state index contributed by atoms with van der Waals surface area (Å²) < 4.78 is 0. The minimum absolute atomic E-state index is 0. The Kier molecular flexibility index (Phi) is 8.16. The van der Waals surface area contributed by atoms with Gasteiger partial charge >= 0.3 is 0 Å². The number of amides is 1. The number of nitrogens with one attached hydrogen (secondary N) is 1. The van der Waals surface area contributed by atoms with Crippen molar-refractivity contribution in [2.24, 2.45) is 5.73 Å². The summed E-state index contributed by atoms with van der Waals surface area (Å²) in [5.41, 5.74) is 7.76. The first-order valence-electron chi connectivity index (χ1n) is 7.73. The van der Waals surface area contributed by atoms with Gasteiger partial charge in [-0.25, -0.2) is 4.98 Å². The monoisotopic (exact) mass is 387 g/mol. The molecule has 0 radical (unpaired) electrons. The number of benzene rings is 1. The average molecular weight is 388 g/mol. The zero-order valence-electron chi connectivity index (χ0n) is 13.5. The van der Waals surface area contributed by atoms with Crippen LogP contribution in [0.15, 0.2) is 30.3 Å². The second kappa shape index (κ2) is 9.37. The molecular weight excluding hydrogens is 365 g/mol. The smallest absolute Gasteiger partial charge is 0.263 e.